The van der Waals surface area contributed by atoms with Crippen molar-refractivity contribution in [2.75, 3.05) is 0 Å². The molecule has 0 saturated carbocycles. The first-order chi connectivity index (χ1) is 8.27. The van der Waals surface area contributed by atoms with Crippen molar-refractivity contribution in [1.82, 2.24) is 4.98 Å². The predicted molar refractivity (Wildman–Crippen MR) is 66.2 cm³/mol. The number of benzene rings is 2. The molecule has 1 heterocycles. The molecule has 0 aliphatic heterocycles. The average Bonchev–Trinajstić information content (AvgIpc) is 2.37. The summed E-state index contributed by atoms with van der Waals surface area (Å²) in [6.07, 6.45) is 1.54. The highest BCUT2D eigenvalue weighted by Gasteiger charge is 2.10. The van der Waals surface area contributed by atoms with E-state index in [-0.39, 0.29) is 5.69 Å². The topological polar surface area (TPSA) is 50.2 Å². The molecule has 3 aromatic rings. The molecule has 2 aromatic carbocycles. The van der Waals surface area contributed by atoms with Crippen LogP contribution in [0.2, 0.25) is 0 Å². The first-order valence-corrected chi connectivity index (χ1v) is 5.27. The van der Waals surface area contributed by atoms with E-state index in [1.165, 1.54) is 6.20 Å². The van der Waals surface area contributed by atoms with E-state index < -0.39 is 5.97 Å². The lowest BCUT2D eigenvalue weighted by Gasteiger charge is -2.05. The van der Waals surface area contributed by atoms with Gasteiger partial charge in [-0.25, -0.2) is 9.78 Å². The van der Waals surface area contributed by atoms with Crippen LogP contribution in [0.4, 0.5) is 0 Å². The van der Waals surface area contributed by atoms with E-state index in [0.29, 0.717) is 5.39 Å². The van der Waals surface area contributed by atoms with Gasteiger partial charge in [0.2, 0.25) is 0 Å². The molecule has 3 rings (SSSR count). The molecule has 0 saturated heterocycles. The molecule has 0 fully saturated rings. The van der Waals surface area contributed by atoms with Gasteiger partial charge in [-0.3, -0.25) is 0 Å². The third-order valence-electron chi connectivity index (χ3n) is 2.87. The molecular formula is C14H9NO2. The minimum atomic E-state index is -0.995. The Morgan fingerprint density at radius 3 is 2.59 bits per heavy atom. The van der Waals surface area contributed by atoms with Crippen LogP contribution in [0.1, 0.15) is 10.5 Å². The molecule has 0 unspecified atom stereocenters. The molecule has 0 amide bonds. The number of carboxylic acids is 1. The van der Waals surface area contributed by atoms with Gasteiger partial charge in [-0.05, 0) is 22.2 Å². The van der Waals surface area contributed by atoms with E-state index >= 15 is 0 Å². The van der Waals surface area contributed by atoms with Gasteiger partial charge >= 0.3 is 5.97 Å². The second-order valence-corrected chi connectivity index (χ2v) is 3.85. The fourth-order valence-electron chi connectivity index (χ4n) is 2.11. The first kappa shape index (κ1) is 9.78. The van der Waals surface area contributed by atoms with E-state index in [2.05, 4.69) is 4.98 Å². The Hall–Kier alpha value is -2.42. The molecule has 17 heavy (non-hydrogen) atoms. The van der Waals surface area contributed by atoms with E-state index in [0.717, 1.165) is 16.2 Å². The zero-order valence-corrected chi connectivity index (χ0v) is 8.92. The van der Waals surface area contributed by atoms with Gasteiger partial charge in [0.05, 0.1) is 0 Å². The molecule has 0 radical (unpaired) electrons. The summed E-state index contributed by atoms with van der Waals surface area (Å²) in [6.45, 7) is 0. The van der Waals surface area contributed by atoms with Crippen molar-refractivity contribution in [3.05, 3.63) is 54.4 Å². The van der Waals surface area contributed by atoms with Crippen LogP contribution in [0.15, 0.2) is 48.7 Å². The number of carboxylic acid groups (broad SMARTS) is 1. The number of nitrogens with zero attached hydrogens (tertiary/aromatic N) is 1. The normalized spacial score (nSPS) is 10.8. The number of pyridine rings is 1. The molecule has 0 spiro atoms. The number of fused-ring (bicyclic) bond motifs is 3. The fraction of sp³-hybridized carbons (Fsp3) is 0. The van der Waals surface area contributed by atoms with Crippen molar-refractivity contribution >= 4 is 27.5 Å². The van der Waals surface area contributed by atoms with Gasteiger partial charge in [0.25, 0.3) is 0 Å². The van der Waals surface area contributed by atoms with E-state index in [9.17, 15) is 4.79 Å². The van der Waals surface area contributed by atoms with Crippen LogP contribution >= 0.6 is 0 Å². The largest absolute Gasteiger partial charge is 0.476 e. The minimum absolute atomic E-state index is 0.105. The van der Waals surface area contributed by atoms with Crippen molar-refractivity contribution in [2.24, 2.45) is 0 Å². The Bertz CT molecular complexity index is 734. The lowest BCUT2D eigenvalue weighted by atomic mass is 10.0. The second kappa shape index (κ2) is 3.56. The molecule has 0 aliphatic rings. The second-order valence-electron chi connectivity index (χ2n) is 3.85. The standard InChI is InChI=1S/C14H9NO2/c16-14(17)13-12-6-5-9-3-1-2-4-10(9)11(12)7-8-15-13/h1-8H,(H,16,17). The van der Waals surface area contributed by atoms with Gasteiger partial charge < -0.3 is 5.11 Å². The summed E-state index contributed by atoms with van der Waals surface area (Å²) in [7, 11) is 0. The van der Waals surface area contributed by atoms with Crippen LogP contribution in [0, 0.1) is 0 Å². The molecule has 0 bridgehead atoms. The third kappa shape index (κ3) is 1.44. The lowest BCUT2D eigenvalue weighted by Crippen LogP contribution is -2.00. The number of hydrogen-bond donors (Lipinski definition) is 1. The average molecular weight is 223 g/mol. The van der Waals surface area contributed by atoms with Crippen molar-refractivity contribution in [3.8, 4) is 0 Å². The summed E-state index contributed by atoms with van der Waals surface area (Å²) >= 11 is 0. The Labute approximate surface area is 97.3 Å². The zero-order valence-electron chi connectivity index (χ0n) is 8.92. The van der Waals surface area contributed by atoms with Crippen LogP contribution in [0.3, 0.4) is 0 Å². The van der Waals surface area contributed by atoms with E-state index in [1.54, 1.807) is 0 Å². The Morgan fingerprint density at radius 1 is 0.941 bits per heavy atom. The van der Waals surface area contributed by atoms with Crippen LogP contribution in [-0.2, 0) is 0 Å². The molecule has 0 aliphatic carbocycles. The van der Waals surface area contributed by atoms with E-state index in [1.807, 2.05) is 42.5 Å². The predicted octanol–water partition coefficient (Wildman–Crippen LogP) is 3.09. The quantitative estimate of drug-likeness (QED) is 0.645. The SMILES string of the molecule is O=C(O)c1nccc2c1ccc1ccccc12. The van der Waals surface area contributed by atoms with E-state index in [4.69, 9.17) is 5.11 Å². The third-order valence-corrected chi connectivity index (χ3v) is 2.87. The van der Waals surface area contributed by atoms with Crippen molar-refractivity contribution in [3.63, 3.8) is 0 Å². The van der Waals surface area contributed by atoms with Crippen LogP contribution < -0.4 is 0 Å². The Kier molecular flexibility index (Phi) is 2.05. The van der Waals surface area contributed by atoms with Crippen molar-refractivity contribution in [2.45, 2.75) is 0 Å². The molecule has 82 valence electrons. The summed E-state index contributed by atoms with van der Waals surface area (Å²) < 4.78 is 0. The monoisotopic (exact) mass is 223 g/mol. The fourth-order valence-corrected chi connectivity index (χ4v) is 2.11. The maximum absolute atomic E-state index is 11.1. The van der Waals surface area contributed by atoms with Crippen LogP contribution in [0.5, 0.6) is 0 Å². The van der Waals surface area contributed by atoms with Crippen LogP contribution in [-0.4, -0.2) is 16.1 Å². The Morgan fingerprint density at radius 2 is 1.76 bits per heavy atom. The Balaban J connectivity index is 2.52. The molecule has 3 nitrogen and oxygen atoms in total. The summed E-state index contributed by atoms with van der Waals surface area (Å²) in [6, 6.07) is 13.5. The van der Waals surface area contributed by atoms with Gasteiger partial charge in [-0.2, -0.15) is 0 Å². The summed E-state index contributed by atoms with van der Waals surface area (Å²) in [5, 5.41) is 12.8. The number of hydrogen-bond acceptors (Lipinski definition) is 2. The van der Waals surface area contributed by atoms with Gasteiger partial charge in [0.15, 0.2) is 5.69 Å². The maximum atomic E-state index is 11.1. The van der Waals surface area contributed by atoms with Gasteiger partial charge in [0.1, 0.15) is 0 Å². The molecule has 3 heteroatoms. The number of aromatic nitrogens is 1. The lowest BCUT2D eigenvalue weighted by molar-refractivity contribution is 0.0693. The molecule has 1 N–H and O–H groups in total. The van der Waals surface area contributed by atoms with Crippen molar-refractivity contribution < 1.29 is 9.90 Å². The highest BCUT2D eigenvalue weighted by atomic mass is 16.4. The van der Waals surface area contributed by atoms with Crippen molar-refractivity contribution in [1.29, 1.82) is 0 Å². The highest BCUT2D eigenvalue weighted by Crippen LogP contribution is 2.26. The summed E-state index contributed by atoms with van der Waals surface area (Å²) in [5.74, 6) is -0.995. The minimum Gasteiger partial charge on any atom is -0.476 e. The summed E-state index contributed by atoms with van der Waals surface area (Å²) in [4.78, 5) is 15.0. The maximum Gasteiger partial charge on any atom is 0.355 e. The van der Waals surface area contributed by atoms with Gasteiger partial charge in [-0.1, -0.05) is 36.4 Å². The summed E-state index contributed by atoms with van der Waals surface area (Å²) in [5.41, 5.74) is 0.105. The smallest absolute Gasteiger partial charge is 0.355 e. The van der Waals surface area contributed by atoms with Gasteiger partial charge in [-0.15, -0.1) is 0 Å². The zero-order chi connectivity index (χ0) is 11.8. The number of carbonyl (C=O) groups is 1. The van der Waals surface area contributed by atoms with Gasteiger partial charge in [0, 0.05) is 11.6 Å². The molecular weight excluding hydrogens is 214 g/mol. The number of aromatic carboxylic acids is 1. The number of rotatable bonds is 1. The first-order valence-electron chi connectivity index (χ1n) is 5.27. The molecule has 0 atom stereocenters. The van der Waals surface area contributed by atoms with Crippen LogP contribution in [0.25, 0.3) is 21.5 Å². The molecule has 1 aromatic heterocycles. The highest BCUT2D eigenvalue weighted by molar-refractivity contribution is 6.12.